The van der Waals surface area contributed by atoms with Crippen LogP contribution in [0.3, 0.4) is 0 Å². The Hall–Kier alpha value is -1.07. The van der Waals surface area contributed by atoms with E-state index in [2.05, 4.69) is 9.97 Å². The number of methoxy groups -OCH3 is 1. The van der Waals surface area contributed by atoms with Crippen LogP contribution in [0.25, 0.3) is 0 Å². The van der Waals surface area contributed by atoms with Crippen molar-refractivity contribution < 1.29 is 9.84 Å². The molecule has 5 nitrogen and oxygen atoms in total. The number of rotatable bonds is 5. The summed E-state index contributed by atoms with van der Waals surface area (Å²) in [6.07, 6.45) is 1.49. The lowest BCUT2D eigenvalue weighted by Crippen LogP contribution is -2.27. The average Bonchev–Trinajstić information content (AvgIpc) is 2.27. The number of anilines is 1. The van der Waals surface area contributed by atoms with E-state index >= 15 is 0 Å². The molecule has 15 heavy (non-hydrogen) atoms. The zero-order valence-electron chi connectivity index (χ0n) is 8.77. The maximum absolute atomic E-state index is 8.89. The van der Waals surface area contributed by atoms with E-state index < -0.39 is 0 Å². The lowest BCUT2D eigenvalue weighted by molar-refractivity contribution is 0.301. The second kappa shape index (κ2) is 5.72. The number of aliphatic hydroxyl groups excluding tert-OH is 1. The van der Waals surface area contributed by atoms with E-state index in [0.29, 0.717) is 23.9 Å². The molecule has 1 rings (SSSR count). The van der Waals surface area contributed by atoms with Crippen LogP contribution in [0.1, 0.15) is 6.92 Å². The van der Waals surface area contributed by atoms with Crippen molar-refractivity contribution in [1.82, 2.24) is 9.97 Å². The van der Waals surface area contributed by atoms with Gasteiger partial charge in [0.05, 0.1) is 19.9 Å². The van der Waals surface area contributed by atoms with Crippen molar-refractivity contribution in [1.29, 1.82) is 0 Å². The minimum atomic E-state index is 0.0521. The molecule has 1 aromatic heterocycles. The van der Waals surface area contributed by atoms with Gasteiger partial charge in [0.25, 0.3) is 0 Å². The molecule has 0 saturated carbocycles. The summed E-state index contributed by atoms with van der Waals surface area (Å²) in [5.74, 6) is 0.583. The second-order valence-corrected chi connectivity index (χ2v) is 3.24. The maximum atomic E-state index is 8.89. The molecule has 0 spiro atoms. The lowest BCUT2D eigenvalue weighted by Gasteiger charge is -2.21. The average molecular weight is 232 g/mol. The highest BCUT2D eigenvalue weighted by molar-refractivity contribution is 6.32. The Labute approximate surface area is 93.7 Å². The molecule has 0 unspecified atom stereocenters. The number of nitrogens with zero attached hydrogens (tertiary/aromatic N) is 3. The van der Waals surface area contributed by atoms with E-state index in [9.17, 15) is 0 Å². The summed E-state index contributed by atoms with van der Waals surface area (Å²) in [7, 11) is 1.50. The molecule has 1 N–H and O–H groups in total. The Morgan fingerprint density at radius 3 is 2.87 bits per heavy atom. The van der Waals surface area contributed by atoms with Crippen LogP contribution in [0.4, 0.5) is 5.82 Å². The summed E-state index contributed by atoms with van der Waals surface area (Å²) in [5, 5.41) is 9.34. The van der Waals surface area contributed by atoms with Crippen molar-refractivity contribution in [3.05, 3.63) is 11.2 Å². The summed E-state index contributed by atoms with van der Waals surface area (Å²) in [4.78, 5) is 9.86. The quantitative estimate of drug-likeness (QED) is 0.818. The van der Waals surface area contributed by atoms with E-state index in [-0.39, 0.29) is 12.6 Å². The Balaban J connectivity index is 2.98. The first kappa shape index (κ1) is 12.0. The Morgan fingerprint density at radius 1 is 1.60 bits per heavy atom. The Kier molecular flexibility index (Phi) is 4.58. The molecule has 0 radical (unpaired) electrons. The molecule has 0 fully saturated rings. The van der Waals surface area contributed by atoms with Crippen molar-refractivity contribution in [2.75, 3.05) is 31.7 Å². The van der Waals surface area contributed by atoms with Crippen LogP contribution in [-0.4, -0.2) is 41.9 Å². The number of hydrogen-bond donors (Lipinski definition) is 1. The minimum absolute atomic E-state index is 0.0521. The Bertz CT molecular complexity index is 322. The highest BCUT2D eigenvalue weighted by Gasteiger charge is 2.11. The number of hydrogen-bond acceptors (Lipinski definition) is 5. The lowest BCUT2D eigenvalue weighted by atomic mass is 10.4. The van der Waals surface area contributed by atoms with Gasteiger partial charge < -0.3 is 14.7 Å². The molecule has 0 aromatic carbocycles. The van der Waals surface area contributed by atoms with Crippen LogP contribution in [0.15, 0.2) is 6.20 Å². The molecule has 0 aliphatic carbocycles. The van der Waals surface area contributed by atoms with Gasteiger partial charge in [-0.3, -0.25) is 0 Å². The van der Waals surface area contributed by atoms with Crippen molar-refractivity contribution in [2.24, 2.45) is 0 Å². The molecular weight excluding hydrogens is 218 g/mol. The van der Waals surface area contributed by atoms with Gasteiger partial charge in [0, 0.05) is 13.1 Å². The molecule has 1 heterocycles. The van der Waals surface area contributed by atoms with Crippen LogP contribution >= 0.6 is 11.6 Å². The van der Waals surface area contributed by atoms with Crippen LogP contribution < -0.4 is 9.64 Å². The molecule has 84 valence electrons. The topological polar surface area (TPSA) is 58.5 Å². The summed E-state index contributed by atoms with van der Waals surface area (Å²) in [5.41, 5.74) is 0. The molecule has 0 atom stereocenters. The van der Waals surface area contributed by atoms with Crippen molar-refractivity contribution >= 4 is 17.4 Å². The summed E-state index contributed by atoms with van der Waals surface area (Å²) in [6.45, 7) is 3.20. The molecular formula is C9H14ClN3O2. The zero-order valence-corrected chi connectivity index (χ0v) is 9.53. The van der Waals surface area contributed by atoms with Crippen LogP contribution in [0.2, 0.25) is 5.02 Å². The van der Waals surface area contributed by atoms with Crippen molar-refractivity contribution in [3.63, 3.8) is 0 Å². The third kappa shape index (κ3) is 2.94. The molecule has 0 saturated heterocycles. The van der Waals surface area contributed by atoms with Gasteiger partial charge in [-0.25, -0.2) is 4.98 Å². The first-order valence-corrected chi connectivity index (χ1v) is 5.03. The third-order valence-electron chi connectivity index (χ3n) is 1.94. The van der Waals surface area contributed by atoms with E-state index in [1.54, 1.807) is 0 Å². The molecule has 0 aliphatic heterocycles. The van der Waals surface area contributed by atoms with Crippen molar-refractivity contribution in [3.8, 4) is 6.01 Å². The van der Waals surface area contributed by atoms with Gasteiger partial charge in [0.1, 0.15) is 5.02 Å². The maximum Gasteiger partial charge on any atom is 0.318 e. The molecule has 0 amide bonds. The first-order chi connectivity index (χ1) is 7.22. The number of likely N-dealkylation sites (N-methyl/N-ethyl adjacent to an activating group) is 1. The van der Waals surface area contributed by atoms with Gasteiger partial charge in [0.15, 0.2) is 5.82 Å². The SMILES string of the molecule is CCN(CCO)c1nc(OC)ncc1Cl. The van der Waals surface area contributed by atoms with E-state index in [1.165, 1.54) is 13.3 Å². The van der Waals surface area contributed by atoms with E-state index in [4.69, 9.17) is 21.4 Å². The molecule has 0 aliphatic rings. The summed E-state index contributed by atoms with van der Waals surface area (Å²) in [6, 6.07) is 0.269. The monoisotopic (exact) mass is 231 g/mol. The summed E-state index contributed by atoms with van der Waals surface area (Å²) < 4.78 is 4.91. The standard InChI is InChI=1S/C9H14ClN3O2/c1-3-13(4-5-14)8-7(10)6-11-9(12-8)15-2/h6,14H,3-5H2,1-2H3. The predicted molar refractivity (Wildman–Crippen MR) is 58.6 cm³/mol. The predicted octanol–water partition coefficient (Wildman–Crippen LogP) is 0.957. The Morgan fingerprint density at radius 2 is 2.33 bits per heavy atom. The van der Waals surface area contributed by atoms with E-state index in [1.807, 2.05) is 11.8 Å². The smallest absolute Gasteiger partial charge is 0.318 e. The van der Waals surface area contributed by atoms with E-state index in [0.717, 1.165) is 0 Å². The molecule has 1 aromatic rings. The molecule has 0 bridgehead atoms. The van der Waals surface area contributed by atoms with Crippen LogP contribution in [0, 0.1) is 0 Å². The normalized spacial score (nSPS) is 10.1. The van der Waals surface area contributed by atoms with Gasteiger partial charge in [0.2, 0.25) is 0 Å². The highest BCUT2D eigenvalue weighted by atomic mass is 35.5. The van der Waals surface area contributed by atoms with Gasteiger partial charge in [-0.2, -0.15) is 4.98 Å². The van der Waals surface area contributed by atoms with Gasteiger partial charge in [-0.1, -0.05) is 11.6 Å². The van der Waals surface area contributed by atoms with Crippen LogP contribution in [0.5, 0.6) is 6.01 Å². The first-order valence-electron chi connectivity index (χ1n) is 4.65. The van der Waals surface area contributed by atoms with Crippen LogP contribution in [-0.2, 0) is 0 Å². The molecule has 6 heteroatoms. The minimum Gasteiger partial charge on any atom is -0.467 e. The van der Waals surface area contributed by atoms with Gasteiger partial charge >= 0.3 is 6.01 Å². The van der Waals surface area contributed by atoms with Crippen molar-refractivity contribution in [2.45, 2.75) is 6.92 Å². The second-order valence-electron chi connectivity index (χ2n) is 2.83. The highest BCUT2D eigenvalue weighted by Crippen LogP contribution is 2.23. The number of aliphatic hydroxyl groups is 1. The largest absolute Gasteiger partial charge is 0.467 e. The fourth-order valence-electron chi connectivity index (χ4n) is 1.20. The van der Waals surface area contributed by atoms with Gasteiger partial charge in [-0.05, 0) is 6.92 Å². The number of aromatic nitrogens is 2. The summed E-state index contributed by atoms with van der Waals surface area (Å²) >= 11 is 5.96. The zero-order chi connectivity index (χ0) is 11.3. The third-order valence-corrected chi connectivity index (χ3v) is 2.20. The fourth-order valence-corrected chi connectivity index (χ4v) is 1.41. The number of ether oxygens (including phenoxy) is 1. The number of halogens is 1. The fraction of sp³-hybridized carbons (Fsp3) is 0.556. The van der Waals surface area contributed by atoms with Gasteiger partial charge in [-0.15, -0.1) is 0 Å².